The molecule has 1 heterocycles. The third kappa shape index (κ3) is 5.54. The van der Waals surface area contributed by atoms with E-state index in [-0.39, 0.29) is 36.1 Å². The highest BCUT2D eigenvalue weighted by Gasteiger charge is 2.35. The van der Waals surface area contributed by atoms with Crippen LogP contribution in [0.1, 0.15) is 37.6 Å². The van der Waals surface area contributed by atoms with Gasteiger partial charge in [-0.05, 0) is 48.6 Å². The first-order chi connectivity index (χ1) is 10.3. The topological polar surface area (TPSA) is 49.6 Å². The van der Waals surface area contributed by atoms with E-state index >= 15 is 0 Å². The molecule has 1 aliphatic heterocycles. The Morgan fingerprint density at radius 3 is 2.33 bits per heavy atom. The number of carbonyl (C=O) groups is 1. The van der Waals surface area contributed by atoms with E-state index in [0.717, 1.165) is 37.3 Å². The first-order valence-corrected chi connectivity index (χ1v) is 8.15. The van der Waals surface area contributed by atoms with Crippen molar-refractivity contribution in [1.29, 1.82) is 0 Å². The molecule has 0 aromatic heterocycles. The summed E-state index contributed by atoms with van der Waals surface area (Å²) in [6, 6.07) is 7.95. The summed E-state index contributed by atoms with van der Waals surface area (Å²) in [5, 5.41) is 0. The zero-order chi connectivity index (χ0) is 16.3. The molecule has 6 heteroatoms. The van der Waals surface area contributed by atoms with Crippen LogP contribution in [0.5, 0.6) is 0 Å². The second-order valence-corrected chi connectivity index (χ2v) is 7.31. The molecule has 1 aromatic rings. The Labute approximate surface area is 158 Å². The molecule has 0 aliphatic carbocycles. The van der Waals surface area contributed by atoms with Gasteiger partial charge >= 0.3 is 0 Å². The molecular weight excluding hydrogens is 345 g/mol. The van der Waals surface area contributed by atoms with E-state index in [1.807, 2.05) is 29.2 Å². The Kier molecular flexibility index (Phi) is 9.11. The molecule has 0 bridgehead atoms. The Bertz CT molecular complexity index is 522. The molecule has 0 spiro atoms. The van der Waals surface area contributed by atoms with Gasteiger partial charge in [-0.1, -0.05) is 20.8 Å². The maximum Gasteiger partial charge on any atom is 0.253 e. The van der Waals surface area contributed by atoms with Crippen molar-refractivity contribution in [3.63, 3.8) is 0 Å². The smallest absolute Gasteiger partial charge is 0.253 e. The molecule has 4 nitrogen and oxygen atoms in total. The van der Waals surface area contributed by atoms with Gasteiger partial charge in [0.05, 0.1) is 0 Å². The minimum Gasteiger partial charge on any atom is -0.374 e. The van der Waals surface area contributed by atoms with Crippen LogP contribution in [0.25, 0.3) is 0 Å². The summed E-state index contributed by atoms with van der Waals surface area (Å²) in [6.07, 6.45) is 0.991. The van der Waals surface area contributed by atoms with Crippen LogP contribution in [0.3, 0.4) is 0 Å². The highest BCUT2D eigenvalue weighted by atomic mass is 35.5. The van der Waals surface area contributed by atoms with Gasteiger partial charge in [-0.15, -0.1) is 24.8 Å². The number of rotatable bonds is 5. The summed E-state index contributed by atoms with van der Waals surface area (Å²) in [6.45, 7) is 9.78. The highest BCUT2D eigenvalue weighted by molar-refractivity contribution is 5.94. The van der Waals surface area contributed by atoms with Gasteiger partial charge < -0.3 is 15.5 Å². The van der Waals surface area contributed by atoms with E-state index in [1.54, 1.807) is 0 Å². The maximum absolute atomic E-state index is 12.6. The fourth-order valence-electron chi connectivity index (χ4n) is 3.06. The molecule has 2 rings (SSSR count). The summed E-state index contributed by atoms with van der Waals surface area (Å²) in [5.41, 5.74) is 7.81. The maximum atomic E-state index is 12.6. The number of nitrogens with zero attached hydrogens (tertiary/aromatic N) is 2. The Morgan fingerprint density at radius 1 is 1.29 bits per heavy atom. The van der Waals surface area contributed by atoms with Gasteiger partial charge in [-0.3, -0.25) is 4.79 Å². The lowest BCUT2D eigenvalue weighted by Gasteiger charge is -2.23. The fourth-order valence-corrected chi connectivity index (χ4v) is 3.06. The zero-order valence-corrected chi connectivity index (χ0v) is 16.8. The minimum atomic E-state index is 0. The van der Waals surface area contributed by atoms with Gasteiger partial charge in [0.1, 0.15) is 0 Å². The van der Waals surface area contributed by atoms with E-state index < -0.39 is 0 Å². The number of carbonyl (C=O) groups excluding carboxylic acids is 1. The Balaban J connectivity index is 0.00000264. The van der Waals surface area contributed by atoms with Crippen LogP contribution in [-0.2, 0) is 0 Å². The summed E-state index contributed by atoms with van der Waals surface area (Å²) in [5.74, 6) is 0.736. The van der Waals surface area contributed by atoms with Crippen LogP contribution < -0.4 is 10.6 Å². The number of hydrogen-bond acceptors (Lipinski definition) is 3. The molecular formula is C18H31Cl2N3O. The number of anilines is 1. The lowest BCUT2D eigenvalue weighted by molar-refractivity contribution is 0.0777. The summed E-state index contributed by atoms with van der Waals surface area (Å²) in [4.78, 5) is 16.7. The predicted octanol–water partition coefficient (Wildman–Crippen LogP) is 3.43. The van der Waals surface area contributed by atoms with Crippen molar-refractivity contribution in [3.05, 3.63) is 29.8 Å². The Morgan fingerprint density at radius 2 is 1.88 bits per heavy atom. The molecule has 1 amide bonds. The first kappa shape index (κ1) is 23.0. The van der Waals surface area contributed by atoms with Crippen molar-refractivity contribution in [1.82, 2.24) is 4.90 Å². The summed E-state index contributed by atoms with van der Waals surface area (Å²) in [7, 11) is 2.09. The standard InChI is InChI=1S/C18H29N3O.2ClH/c1-14(2)11-20(4)16-7-5-15(6-8-16)17(22)21-10-9-18(3,12-19)13-21;;/h5-8,14H,9-13,19H2,1-4H3;2*1H. The number of benzene rings is 1. The molecule has 1 unspecified atom stereocenters. The van der Waals surface area contributed by atoms with Gasteiger partial charge in [0.25, 0.3) is 5.91 Å². The van der Waals surface area contributed by atoms with Crippen LogP contribution in [0, 0.1) is 11.3 Å². The third-order valence-corrected chi connectivity index (χ3v) is 4.53. The second-order valence-electron chi connectivity index (χ2n) is 7.31. The summed E-state index contributed by atoms with van der Waals surface area (Å²) >= 11 is 0. The number of nitrogens with two attached hydrogens (primary N) is 1. The van der Waals surface area contributed by atoms with Gasteiger partial charge in [-0.2, -0.15) is 0 Å². The van der Waals surface area contributed by atoms with Gasteiger partial charge in [0, 0.05) is 37.9 Å². The largest absolute Gasteiger partial charge is 0.374 e. The van der Waals surface area contributed by atoms with Crippen LogP contribution in [0.15, 0.2) is 24.3 Å². The van der Waals surface area contributed by atoms with Crippen molar-refractivity contribution in [2.24, 2.45) is 17.1 Å². The lowest BCUT2D eigenvalue weighted by atomic mass is 9.90. The third-order valence-electron chi connectivity index (χ3n) is 4.53. The van der Waals surface area contributed by atoms with E-state index in [9.17, 15) is 4.79 Å². The zero-order valence-electron chi connectivity index (χ0n) is 15.1. The van der Waals surface area contributed by atoms with Crippen LogP contribution >= 0.6 is 24.8 Å². The monoisotopic (exact) mass is 375 g/mol. The molecule has 138 valence electrons. The quantitative estimate of drug-likeness (QED) is 0.857. The molecule has 1 aromatic carbocycles. The van der Waals surface area contributed by atoms with Crippen molar-refractivity contribution < 1.29 is 4.79 Å². The van der Waals surface area contributed by atoms with Crippen LogP contribution in [0.4, 0.5) is 5.69 Å². The lowest BCUT2D eigenvalue weighted by Crippen LogP contribution is -2.34. The highest BCUT2D eigenvalue weighted by Crippen LogP contribution is 2.29. The first-order valence-electron chi connectivity index (χ1n) is 8.15. The molecule has 1 atom stereocenters. The minimum absolute atomic E-state index is 0. The normalized spacial score (nSPS) is 19.7. The molecule has 24 heavy (non-hydrogen) atoms. The SMILES string of the molecule is CC(C)CN(C)c1ccc(C(=O)N2CCC(C)(CN)C2)cc1.Cl.Cl. The van der Waals surface area contributed by atoms with E-state index in [4.69, 9.17) is 5.73 Å². The Hall–Kier alpha value is -0.970. The average Bonchev–Trinajstić information content (AvgIpc) is 2.89. The van der Waals surface area contributed by atoms with Crippen molar-refractivity contribution in [3.8, 4) is 0 Å². The van der Waals surface area contributed by atoms with Crippen LogP contribution in [0.2, 0.25) is 0 Å². The van der Waals surface area contributed by atoms with Crippen molar-refractivity contribution in [2.75, 3.05) is 38.1 Å². The van der Waals surface area contributed by atoms with Gasteiger partial charge in [0.2, 0.25) is 0 Å². The predicted molar refractivity (Wildman–Crippen MR) is 107 cm³/mol. The number of halogens is 2. The molecule has 0 saturated carbocycles. The fraction of sp³-hybridized carbons (Fsp3) is 0.611. The molecule has 1 aliphatic rings. The van der Waals surface area contributed by atoms with E-state index in [2.05, 4.69) is 32.7 Å². The number of hydrogen-bond donors (Lipinski definition) is 1. The van der Waals surface area contributed by atoms with Gasteiger partial charge in [0.15, 0.2) is 0 Å². The molecule has 1 fully saturated rings. The second kappa shape index (κ2) is 9.50. The van der Waals surface area contributed by atoms with Crippen LogP contribution in [-0.4, -0.2) is 44.0 Å². The van der Waals surface area contributed by atoms with Crippen molar-refractivity contribution in [2.45, 2.75) is 27.2 Å². The summed E-state index contributed by atoms with van der Waals surface area (Å²) < 4.78 is 0. The number of amides is 1. The molecule has 1 saturated heterocycles. The van der Waals surface area contributed by atoms with Gasteiger partial charge in [-0.25, -0.2) is 0 Å². The molecule has 2 N–H and O–H groups in total. The average molecular weight is 376 g/mol. The van der Waals surface area contributed by atoms with Crippen molar-refractivity contribution >= 4 is 36.4 Å². The number of likely N-dealkylation sites (tertiary alicyclic amines) is 1. The van der Waals surface area contributed by atoms with E-state index in [0.29, 0.717) is 12.5 Å². The molecule has 0 radical (unpaired) electrons. The van der Waals surface area contributed by atoms with E-state index in [1.165, 1.54) is 0 Å².